The lowest BCUT2D eigenvalue weighted by Gasteiger charge is -2.18. The summed E-state index contributed by atoms with van der Waals surface area (Å²) in [4.78, 5) is 17.6. The third-order valence-electron chi connectivity index (χ3n) is 4.62. The molecule has 1 N–H and O–H groups in total. The topological polar surface area (TPSA) is 59.8 Å². The third-order valence-corrected chi connectivity index (χ3v) is 4.62. The molecule has 0 spiro atoms. The van der Waals surface area contributed by atoms with Crippen molar-refractivity contribution < 1.29 is 4.79 Å². The first-order chi connectivity index (χ1) is 12.4. The average Bonchev–Trinajstić information content (AvgIpc) is 3.03. The van der Waals surface area contributed by atoms with Crippen LogP contribution in [0.2, 0.25) is 0 Å². The summed E-state index contributed by atoms with van der Waals surface area (Å²) in [5, 5.41) is 8.39. The number of carbonyl (C=O) groups excluding carboxylic acids is 1. The van der Waals surface area contributed by atoms with Gasteiger partial charge in [0.25, 0.3) is 5.91 Å². The summed E-state index contributed by atoms with van der Waals surface area (Å²) in [6.45, 7) is 10.2. The number of fused-ring (bicyclic) bond motifs is 1. The van der Waals surface area contributed by atoms with Gasteiger partial charge in [0, 0.05) is 11.7 Å². The fourth-order valence-electron chi connectivity index (χ4n) is 3.16. The lowest BCUT2D eigenvalue weighted by atomic mass is 10.0. The van der Waals surface area contributed by atoms with Gasteiger partial charge >= 0.3 is 0 Å². The van der Waals surface area contributed by atoms with Crippen LogP contribution in [0.25, 0.3) is 11.0 Å². The Labute approximate surface area is 154 Å². The minimum atomic E-state index is -0.0868. The van der Waals surface area contributed by atoms with E-state index in [9.17, 15) is 4.79 Å². The predicted molar refractivity (Wildman–Crippen MR) is 104 cm³/mol. The van der Waals surface area contributed by atoms with Crippen LogP contribution in [-0.2, 0) is 0 Å². The number of hydrogen-bond acceptors (Lipinski definition) is 3. The van der Waals surface area contributed by atoms with Crippen molar-refractivity contribution in [3.63, 3.8) is 0 Å². The summed E-state index contributed by atoms with van der Waals surface area (Å²) >= 11 is 0. The van der Waals surface area contributed by atoms with E-state index in [0.29, 0.717) is 5.56 Å². The standard InChI is InChI=1S/C21H26N4O/c1-6-19(16-9-7-14(4)8-10-16)24-21(26)17-11-15(5)23-20-18(17)12-22-25(20)13(2)3/h7-13,19H,6H2,1-5H3,(H,24,26)/t19-/m1/s1. The Morgan fingerprint density at radius 1 is 1.19 bits per heavy atom. The second-order valence-electron chi connectivity index (χ2n) is 7.08. The van der Waals surface area contributed by atoms with Gasteiger partial charge in [0.1, 0.15) is 0 Å². The molecule has 26 heavy (non-hydrogen) atoms. The Bertz CT molecular complexity index is 925. The zero-order valence-corrected chi connectivity index (χ0v) is 16.1. The maximum atomic E-state index is 13.0. The second-order valence-corrected chi connectivity index (χ2v) is 7.08. The van der Waals surface area contributed by atoms with Gasteiger partial charge in [-0.1, -0.05) is 36.8 Å². The van der Waals surface area contributed by atoms with Crippen LogP contribution in [0, 0.1) is 13.8 Å². The molecule has 0 fully saturated rings. The van der Waals surface area contributed by atoms with E-state index in [1.165, 1.54) is 5.56 Å². The van der Waals surface area contributed by atoms with Crippen LogP contribution in [0.3, 0.4) is 0 Å². The van der Waals surface area contributed by atoms with Crippen LogP contribution < -0.4 is 5.32 Å². The quantitative estimate of drug-likeness (QED) is 0.736. The molecule has 0 saturated carbocycles. The molecule has 0 radical (unpaired) electrons. The number of pyridine rings is 1. The van der Waals surface area contributed by atoms with Crippen molar-refractivity contribution in [2.24, 2.45) is 0 Å². The summed E-state index contributed by atoms with van der Waals surface area (Å²) < 4.78 is 1.86. The second kappa shape index (κ2) is 7.28. The minimum Gasteiger partial charge on any atom is -0.345 e. The molecule has 0 aliphatic rings. The zero-order chi connectivity index (χ0) is 18.8. The van der Waals surface area contributed by atoms with Crippen LogP contribution in [0.4, 0.5) is 0 Å². The van der Waals surface area contributed by atoms with E-state index in [-0.39, 0.29) is 18.0 Å². The maximum absolute atomic E-state index is 13.0. The monoisotopic (exact) mass is 350 g/mol. The number of aryl methyl sites for hydroxylation is 2. The molecular formula is C21H26N4O. The molecule has 2 heterocycles. The SMILES string of the molecule is CC[C@@H](NC(=O)c1cc(C)nc2c1cnn2C(C)C)c1ccc(C)cc1. The average molecular weight is 350 g/mol. The summed E-state index contributed by atoms with van der Waals surface area (Å²) in [7, 11) is 0. The van der Waals surface area contributed by atoms with Crippen molar-refractivity contribution in [3.05, 3.63) is 58.9 Å². The molecule has 5 nitrogen and oxygen atoms in total. The molecule has 0 bridgehead atoms. The van der Waals surface area contributed by atoms with Gasteiger partial charge in [-0.2, -0.15) is 5.10 Å². The number of nitrogens with one attached hydrogen (secondary N) is 1. The van der Waals surface area contributed by atoms with Crippen LogP contribution in [0.5, 0.6) is 0 Å². The molecule has 1 amide bonds. The highest BCUT2D eigenvalue weighted by atomic mass is 16.1. The van der Waals surface area contributed by atoms with Crippen LogP contribution in [-0.4, -0.2) is 20.7 Å². The van der Waals surface area contributed by atoms with Crippen molar-refractivity contribution in [2.75, 3.05) is 0 Å². The van der Waals surface area contributed by atoms with Crippen molar-refractivity contribution in [1.29, 1.82) is 0 Å². The van der Waals surface area contributed by atoms with Crippen LogP contribution >= 0.6 is 0 Å². The Morgan fingerprint density at radius 2 is 1.88 bits per heavy atom. The van der Waals surface area contributed by atoms with Gasteiger partial charge in [0.15, 0.2) is 5.65 Å². The minimum absolute atomic E-state index is 0.0215. The van der Waals surface area contributed by atoms with E-state index in [2.05, 4.69) is 67.4 Å². The number of amides is 1. The first-order valence-corrected chi connectivity index (χ1v) is 9.13. The molecule has 3 aromatic rings. The molecule has 136 valence electrons. The molecule has 1 aromatic carbocycles. The fourth-order valence-corrected chi connectivity index (χ4v) is 3.16. The van der Waals surface area contributed by atoms with E-state index in [4.69, 9.17) is 0 Å². The summed E-state index contributed by atoms with van der Waals surface area (Å²) in [5.74, 6) is -0.0868. The van der Waals surface area contributed by atoms with Gasteiger partial charge in [-0.15, -0.1) is 0 Å². The van der Waals surface area contributed by atoms with Crippen molar-refractivity contribution in [3.8, 4) is 0 Å². The van der Waals surface area contributed by atoms with Crippen molar-refractivity contribution in [2.45, 2.75) is 53.1 Å². The summed E-state index contributed by atoms with van der Waals surface area (Å²) in [5.41, 5.74) is 4.53. The first kappa shape index (κ1) is 18.1. The molecule has 0 aliphatic heterocycles. The van der Waals surface area contributed by atoms with Gasteiger partial charge in [-0.25, -0.2) is 9.67 Å². The van der Waals surface area contributed by atoms with Gasteiger partial charge in [0.2, 0.25) is 0 Å². The van der Waals surface area contributed by atoms with Crippen LogP contribution in [0.1, 0.15) is 66.5 Å². The number of rotatable bonds is 5. The lowest BCUT2D eigenvalue weighted by molar-refractivity contribution is 0.0937. The first-order valence-electron chi connectivity index (χ1n) is 9.13. The van der Waals surface area contributed by atoms with E-state index in [0.717, 1.165) is 28.7 Å². The van der Waals surface area contributed by atoms with Crippen LogP contribution in [0.15, 0.2) is 36.5 Å². The summed E-state index contributed by atoms with van der Waals surface area (Å²) in [6.07, 6.45) is 2.57. The van der Waals surface area contributed by atoms with E-state index >= 15 is 0 Å². The van der Waals surface area contributed by atoms with E-state index in [1.54, 1.807) is 6.20 Å². The fraction of sp³-hybridized carbons (Fsp3) is 0.381. The van der Waals surface area contributed by atoms with E-state index < -0.39 is 0 Å². The van der Waals surface area contributed by atoms with Crippen molar-refractivity contribution >= 4 is 16.9 Å². The summed E-state index contributed by atoms with van der Waals surface area (Å²) in [6, 6.07) is 10.3. The molecule has 1 atom stereocenters. The number of carbonyl (C=O) groups is 1. The number of benzene rings is 1. The highest BCUT2D eigenvalue weighted by Gasteiger charge is 2.19. The molecule has 0 unspecified atom stereocenters. The Morgan fingerprint density at radius 3 is 2.50 bits per heavy atom. The van der Waals surface area contributed by atoms with Gasteiger partial charge < -0.3 is 5.32 Å². The largest absolute Gasteiger partial charge is 0.345 e. The van der Waals surface area contributed by atoms with Gasteiger partial charge in [-0.3, -0.25) is 4.79 Å². The zero-order valence-electron chi connectivity index (χ0n) is 16.1. The molecule has 3 rings (SSSR count). The highest BCUT2D eigenvalue weighted by Crippen LogP contribution is 2.23. The highest BCUT2D eigenvalue weighted by molar-refractivity contribution is 6.05. The smallest absolute Gasteiger partial charge is 0.252 e. The number of nitrogens with zero attached hydrogens (tertiary/aromatic N) is 3. The predicted octanol–water partition coefficient (Wildman–Crippen LogP) is 4.51. The molecule has 5 heteroatoms. The van der Waals surface area contributed by atoms with Gasteiger partial charge in [-0.05, 0) is 45.7 Å². The molecule has 0 saturated heterocycles. The Balaban J connectivity index is 1.95. The normalized spacial score (nSPS) is 12.5. The maximum Gasteiger partial charge on any atom is 0.252 e. The molecule has 2 aromatic heterocycles. The van der Waals surface area contributed by atoms with Crippen molar-refractivity contribution in [1.82, 2.24) is 20.1 Å². The third kappa shape index (κ3) is 3.47. The Hall–Kier alpha value is -2.69. The number of aromatic nitrogens is 3. The number of hydrogen-bond donors (Lipinski definition) is 1. The molecule has 0 aliphatic carbocycles. The molecular weight excluding hydrogens is 324 g/mol. The van der Waals surface area contributed by atoms with Gasteiger partial charge in [0.05, 0.1) is 23.2 Å². The lowest BCUT2D eigenvalue weighted by Crippen LogP contribution is -2.28. The Kier molecular flexibility index (Phi) is 5.07. The van der Waals surface area contributed by atoms with E-state index in [1.807, 2.05) is 17.7 Å².